The van der Waals surface area contributed by atoms with Crippen molar-refractivity contribution in [1.82, 2.24) is 0 Å². The van der Waals surface area contributed by atoms with Gasteiger partial charge >= 0.3 is 0 Å². The predicted molar refractivity (Wildman–Crippen MR) is 88.0 cm³/mol. The molecule has 0 N–H and O–H groups in total. The molecule has 20 heavy (non-hydrogen) atoms. The van der Waals surface area contributed by atoms with Gasteiger partial charge in [-0.25, -0.2) is 0 Å². The number of Topliss-reactive ketones (excluding diaryl/α,β-unsaturated/α-hetero) is 1. The zero-order chi connectivity index (χ0) is 14.8. The number of halogens is 2. The van der Waals surface area contributed by atoms with Gasteiger partial charge < -0.3 is 0 Å². The van der Waals surface area contributed by atoms with Crippen molar-refractivity contribution < 1.29 is 4.79 Å². The van der Waals surface area contributed by atoms with Crippen molar-refractivity contribution in [1.29, 1.82) is 0 Å². The molecular weight excluding hydrogens is 291 g/mol. The number of carbonyl (C=O) groups is 1. The van der Waals surface area contributed by atoms with Crippen LogP contribution in [-0.4, -0.2) is 5.78 Å². The van der Waals surface area contributed by atoms with Crippen molar-refractivity contribution in [2.45, 2.75) is 64.7 Å². The smallest absolute Gasteiger partial charge is 0.165 e. The molecule has 3 heteroatoms. The summed E-state index contributed by atoms with van der Waals surface area (Å²) in [5, 5.41) is 0.920. The summed E-state index contributed by atoms with van der Waals surface area (Å²) in [6.45, 7) is 2.23. The summed E-state index contributed by atoms with van der Waals surface area (Å²) < 4.78 is 0. The fourth-order valence-corrected chi connectivity index (χ4v) is 2.92. The van der Waals surface area contributed by atoms with E-state index in [2.05, 4.69) is 6.92 Å². The lowest BCUT2D eigenvalue weighted by Gasteiger charge is -2.06. The van der Waals surface area contributed by atoms with E-state index < -0.39 is 0 Å². The standard InChI is InChI=1S/C17H24Cl2O/c1-2-3-4-5-6-7-8-9-13-16(20)17-14(18)11-10-12-15(17)19/h10-12H,2-9,13H2,1H3. The van der Waals surface area contributed by atoms with Crippen molar-refractivity contribution in [2.24, 2.45) is 0 Å². The lowest BCUT2D eigenvalue weighted by Crippen LogP contribution is -2.01. The lowest BCUT2D eigenvalue weighted by atomic mass is 10.0. The highest BCUT2D eigenvalue weighted by Crippen LogP contribution is 2.26. The van der Waals surface area contributed by atoms with Crippen molar-refractivity contribution in [2.75, 3.05) is 0 Å². The minimum atomic E-state index is 0.0617. The Balaban J connectivity index is 2.21. The summed E-state index contributed by atoms with van der Waals surface area (Å²) in [5.74, 6) is 0.0617. The van der Waals surface area contributed by atoms with E-state index in [4.69, 9.17) is 23.2 Å². The fourth-order valence-electron chi connectivity index (χ4n) is 2.31. The van der Waals surface area contributed by atoms with Crippen LogP contribution in [0.25, 0.3) is 0 Å². The van der Waals surface area contributed by atoms with Gasteiger partial charge in [-0.2, -0.15) is 0 Å². The molecular formula is C17H24Cl2O. The van der Waals surface area contributed by atoms with Gasteiger partial charge in [0.1, 0.15) is 0 Å². The summed E-state index contributed by atoms with van der Waals surface area (Å²) >= 11 is 12.1. The second-order valence-electron chi connectivity index (χ2n) is 5.24. The van der Waals surface area contributed by atoms with Crippen LogP contribution in [0.1, 0.15) is 75.1 Å². The molecule has 0 aliphatic heterocycles. The number of unbranched alkanes of at least 4 members (excludes halogenated alkanes) is 7. The lowest BCUT2D eigenvalue weighted by molar-refractivity contribution is 0.0979. The van der Waals surface area contributed by atoms with Crippen LogP contribution >= 0.6 is 23.2 Å². The van der Waals surface area contributed by atoms with Gasteiger partial charge in [0.2, 0.25) is 0 Å². The first kappa shape index (κ1) is 17.5. The second kappa shape index (κ2) is 10.2. The maximum absolute atomic E-state index is 12.1. The molecule has 0 fully saturated rings. The monoisotopic (exact) mass is 314 g/mol. The van der Waals surface area contributed by atoms with Gasteiger partial charge in [0.05, 0.1) is 15.6 Å². The first-order chi connectivity index (χ1) is 9.66. The minimum absolute atomic E-state index is 0.0617. The third-order valence-corrected chi connectivity index (χ3v) is 4.13. The SMILES string of the molecule is CCCCCCCCCCC(=O)c1c(Cl)cccc1Cl. The largest absolute Gasteiger partial charge is 0.294 e. The van der Waals surface area contributed by atoms with Crippen LogP contribution in [0, 0.1) is 0 Å². The molecule has 1 rings (SSSR count). The summed E-state index contributed by atoms with van der Waals surface area (Å²) in [7, 11) is 0. The zero-order valence-corrected chi connectivity index (χ0v) is 13.8. The van der Waals surface area contributed by atoms with Gasteiger partial charge in [0, 0.05) is 6.42 Å². The molecule has 0 unspecified atom stereocenters. The van der Waals surface area contributed by atoms with Crippen LogP contribution in [0.15, 0.2) is 18.2 Å². The summed E-state index contributed by atoms with van der Waals surface area (Å²) in [6, 6.07) is 5.19. The molecule has 0 bridgehead atoms. The van der Waals surface area contributed by atoms with Crippen molar-refractivity contribution in [3.63, 3.8) is 0 Å². The number of rotatable bonds is 10. The van der Waals surface area contributed by atoms with Gasteiger partial charge in [-0.05, 0) is 18.6 Å². The van der Waals surface area contributed by atoms with Gasteiger partial charge in [-0.1, -0.05) is 81.1 Å². The van der Waals surface area contributed by atoms with Crippen LogP contribution in [0.3, 0.4) is 0 Å². The van der Waals surface area contributed by atoms with E-state index in [1.165, 1.54) is 38.5 Å². The number of carbonyl (C=O) groups excluding carboxylic acids is 1. The molecule has 0 saturated carbocycles. The molecule has 0 saturated heterocycles. The normalized spacial score (nSPS) is 10.8. The molecule has 1 aromatic carbocycles. The van der Waals surface area contributed by atoms with E-state index in [1.807, 2.05) is 0 Å². The Morgan fingerprint density at radius 2 is 1.40 bits per heavy atom. The maximum atomic E-state index is 12.1. The first-order valence-corrected chi connectivity index (χ1v) is 8.39. The minimum Gasteiger partial charge on any atom is -0.294 e. The molecule has 0 aliphatic carbocycles. The van der Waals surface area contributed by atoms with E-state index in [9.17, 15) is 4.79 Å². The number of hydrogen-bond donors (Lipinski definition) is 0. The van der Waals surface area contributed by atoms with Crippen molar-refractivity contribution >= 4 is 29.0 Å². The van der Waals surface area contributed by atoms with E-state index in [1.54, 1.807) is 18.2 Å². The molecule has 0 amide bonds. The molecule has 0 atom stereocenters. The van der Waals surface area contributed by atoms with Gasteiger partial charge in [0.25, 0.3) is 0 Å². The van der Waals surface area contributed by atoms with Crippen molar-refractivity contribution in [3.05, 3.63) is 33.8 Å². The fraction of sp³-hybridized carbons (Fsp3) is 0.588. The van der Waals surface area contributed by atoms with E-state index in [-0.39, 0.29) is 5.78 Å². The molecule has 0 spiro atoms. The molecule has 0 aliphatic rings. The molecule has 0 aromatic heterocycles. The average Bonchev–Trinajstić information content (AvgIpc) is 2.41. The van der Waals surface area contributed by atoms with Crippen LogP contribution in [0.5, 0.6) is 0 Å². The van der Waals surface area contributed by atoms with Crippen LogP contribution in [0.4, 0.5) is 0 Å². The topological polar surface area (TPSA) is 17.1 Å². The van der Waals surface area contributed by atoms with E-state index >= 15 is 0 Å². The Morgan fingerprint density at radius 1 is 0.900 bits per heavy atom. The zero-order valence-electron chi connectivity index (χ0n) is 12.3. The number of benzene rings is 1. The Bertz CT molecular complexity index is 395. The Morgan fingerprint density at radius 3 is 1.95 bits per heavy atom. The second-order valence-corrected chi connectivity index (χ2v) is 6.06. The number of ketones is 1. The first-order valence-electron chi connectivity index (χ1n) is 7.64. The van der Waals surface area contributed by atoms with Crippen LogP contribution in [-0.2, 0) is 0 Å². The Labute approximate surface area is 132 Å². The highest BCUT2D eigenvalue weighted by atomic mass is 35.5. The maximum Gasteiger partial charge on any atom is 0.165 e. The molecule has 1 aromatic rings. The van der Waals surface area contributed by atoms with Gasteiger partial charge in [-0.3, -0.25) is 4.79 Å². The summed E-state index contributed by atoms with van der Waals surface area (Å²) in [6.07, 6.45) is 10.3. The Hall–Kier alpha value is -0.530. The van der Waals surface area contributed by atoms with Gasteiger partial charge in [0.15, 0.2) is 5.78 Å². The Kier molecular flexibility index (Phi) is 8.97. The third-order valence-electron chi connectivity index (χ3n) is 3.50. The number of hydrogen-bond acceptors (Lipinski definition) is 1. The molecule has 0 heterocycles. The van der Waals surface area contributed by atoms with Gasteiger partial charge in [-0.15, -0.1) is 0 Å². The quantitative estimate of drug-likeness (QED) is 0.346. The average molecular weight is 315 g/mol. The highest BCUT2D eigenvalue weighted by molar-refractivity contribution is 6.39. The molecule has 112 valence electrons. The summed E-state index contributed by atoms with van der Waals surface area (Å²) in [5.41, 5.74) is 0.485. The van der Waals surface area contributed by atoms with E-state index in [0.717, 1.165) is 12.8 Å². The third kappa shape index (κ3) is 6.28. The molecule has 1 nitrogen and oxygen atoms in total. The predicted octanol–water partition coefficient (Wildman–Crippen LogP) is 6.71. The summed E-state index contributed by atoms with van der Waals surface area (Å²) in [4.78, 5) is 12.1. The van der Waals surface area contributed by atoms with E-state index in [0.29, 0.717) is 22.0 Å². The van der Waals surface area contributed by atoms with Crippen molar-refractivity contribution in [3.8, 4) is 0 Å². The molecule has 0 radical (unpaired) electrons. The van der Waals surface area contributed by atoms with Crippen LogP contribution in [0.2, 0.25) is 10.0 Å². The van der Waals surface area contributed by atoms with Crippen LogP contribution < -0.4 is 0 Å². The highest BCUT2D eigenvalue weighted by Gasteiger charge is 2.13.